The van der Waals surface area contributed by atoms with Gasteiger partial charge in [0, 0.05) is 38.9 Å². The smallest absolute Gasteiger partial charge is 0.243 e. The van der Waals surface area contributed by atoms with Gasteiger partial charge in [0.25, 0.3) is 0 Å². The second-order valence-electron chi connectivity index (χ2n) is 9.60. The van der Waals surface area contributed by atoms with Gasteiger partial charge in [-0.3, -0.25) is 24.4 Å². The first kappa shape index (κ1) is 25.0. The monoisotopic (exact) mass is 498 g/mol. The number of carbonyl (C=O) groups excluding carboxylic acids is 2. The lowest BCUT2D eigenvalue weighted by atomic mass is 9.88. The van der Waals surface area contributed by atoms with E-state index in [-0.39, 0.29) is 30.7 Å². The number of piperazine rings is 1. The van der Waals surface area contributed by atoms with Crippen LogP contribution in [0.25, 0.3) is 5.57 Å². The van der Waals surface area contributed by atoms with E-state index >= 15 is 0 Å². The topological polar surface area (TPSA) is 56.8 Å². The molecule has 0 spiro atoms. The second kappa shape index (κ2) is 11.6. The molecule has 1 aromatic heterocycles. The lowest BCUT2D eigenvalue weighted by Crippen LogP contribution is -2.55. The molecule has 37 heavy (non-hydrogen) atoms. The Morgan fingerprint density at radius 3 is 2.05 bits per heavy atom. The van der Waals surface area contributed by atoms with Gasteiger partial charge >= 0.3 is 0 Å². The number of rotatable bonds is 7. The van der Waals surface area contributed by atoms with Gasteiger partial charge in [-0.15, -0.1) is 0 Å². The average molecular weight is 499 g/mol. The number of hydrogen-bond donors (Lipinski definition) is 0. The van der Waals surface area contributed by atoms with Crippen molar-refractivity contribution in [3.05, 3.63) is 107 Å². The third-order valence-corrected chi connectivity index (χ3v) is 7.08. The minimum Gasteiger partial charge on any atom is -0.301 e. The third kappa shape index (κ3) is 6.18. The van der Waals surface area contributed by atoms with Crippen molar-refractivity contribution in [3.63, 3.8) is 0 Å². The van der Waals surface area contributed by atoms with Gasteiger partial charge in [-0.05, 0) is 53.8 Å². The zero-order chi connectivity index (χ0) is 25.6. The molecule has 0 N–H and O–H groups in total. The van der Waals surface area contributed by atoms with Crippen LogP contribution in [-0.2, 0) is 16.1 Å². The Labute approximate surface area is 217 Å². The van der Waals surface area contributed by atoms with E-state index < -0.39 is 0 Å². The summed E-state index contributed by atoms with van der Waals surface area (Å²) in [5.41, 5.74) is 5.54. The number of imide groups is 1. The van der Waals surface area contributed by atoms with Crippen LogP contribution in [0.5, 0.6) is 0 Å². The summed E-state index contributed by atoms with van der Waals surface area (Å²) in [4.78, 5) is 35.4. The highest BCUT2D eigenvalue weighted by Crippen LogP contribution is 2.32. The molecule has 3 aromatic rings. The number of halogens is 1. The van der Waals surface area contributed by atoms with E-state index in [4.69, 9.17) is 0 Å². The number of amides is 2. The van der Waals surface area contributed by atoms with Gasteiger partial charge in [0.15, 0.2) is 0 Å². The van der Waals surface area contributed by atoms with Crippen molar-refractivity contribution < 1.29 is 14.0 Å². The average Bonchev–Trinajstić information content (AvgIpc) is 2.91. The maximum absolute atomic E-state index is 13.6. The van der Waals surface area contributed by atoms with Gasteiger partial charge < -0.3 is 4.90 Å². The summed E-state index contributed by atoms with van der Waals surface area (Å²) in [6.07, 6.45) is 3.50. The van der Waals surface area contributed by atoms with Gasteiger partial charge in [0.05, 0.1) is 18.8 Å². The Balaban J connectivity index is 1.19. The zero-order valence-electron chi connectivity index (χ0n) is 20.9. The minimum absolute atomic E-state index is 0.146. The van der Waals surface area contributed by atoms with Crippen LogP contribution in [0.15, 0.2) is 84.6 Å². The van der Waals surface area contributed by atoms with Gasteiger partial charge in [-0.25, -0.2) is 4.39 Å². The number of piperidine rings is 1. The van der Waals surface area contributed by atoms with Gasteiger partial charge in [0.2, 0.25) is 11.8 Å². The fraction of sp³-hybridized carbons (Fsp3) is 0.300. The highest BCUT2D eigenvalue weighted by Gasteiger charge is 2.31. The summed E-state index contributed by atoms with van der Waals surface area (Å²) < 4.78 is 13.6. The molecule has 7 heteroatoms. The Bertz CT molecular complexity index is 1230. The SMILES string of the molecule is O=C1CN(Cc2ccccn2)CC(=O)N1CCN1CCC(=C(c2ccccc2)c2ccc(F)cc2)CC1. The second-order valence-corrected chi connectivity index (χ2v) is 9.60. The number of benzene rings is 2. The van der Waals surface area contributed by atoms with Crippen molar-refractivity contribution >= 4 is 17.4 Å². The Morgan fingerprint density at radius 2 is 1.41 bits per heavy atom. The number of hydrogen-bond acceptors (Lipinski definition) is 5. The van der Waals surface area contributed by atoms with Crippen LogP contribution in [0, 0.1) is 5.82 Å². The first-order chi connectivity index (χ1) is 18.1. The van der Waals surface area contributed by atoms with E-state index in [1.807, 2.05) is 53.4 Å². The third-order valence-electron chi connectivity index (χ3n) is 7.08. The normalized spacial score (nSPS) is 17.3. The number of aromatic nitrogens is 1. The fourth-order valence-electron chi connectivity index (χ4n) is 5.16. The van der Waals surface area contributed by atoms with E-state index in [1.165, 1.54) is 28.2 Å². The number of carbonyl (C=O) groups is 2. The van der Waals surface area contributed by atoms with E-state index in [0.717, 1.165) is 42.8 Å². The molecule has 190 valence electrons. The summed E-state index contributed by atoms with van der Waals surface area (Å²) in [5.74, 6) is -0.530. The number of likely N-dealkylation sites (tertiary alicyclic amines) is 1. The van der Waals surface area contributed by atoms with Gasteiger partial charge in [-0.1, -0.05) is 54.1 Å². The van der Waals surface area contributed by atoms with Crippen molar-refractivity contribution in [1.82, 2.24) is 19.7 Å². The highest BCUT2D eigenvalue weighted by atomic mass is 19.1. The predicted octanol–water partition coefficient (Wildman–Crippen LogP) is 3.99. The molecule has 2 aliphatic rings. The zero-order valence-corrected chi connectivity index (χ0v) is 20.9. The fourth-order valence-corrected chi connectivity index (χ4v) is 5.16. The van der Waals surface area contributed by atoms with Crippen LogP contribution in [0.2, 0.25) is 0 Å². The highest BCUT2D eigenvalue weighted by molar-refractivity contribution is 5.99. The van der Waals surface area contributed by atoms with E-state index in [1.54, 1.807) is 6.20 Å². The predicted molar refractivity (Wildman–Crippen MR) is 141 cm³/mol. The van der Waals surface area contributed by atoms with Gasteiger partial charge in [-0.2, -0.15) is 0 Å². The molecule has 3 heterocycles. The van der Waals surface area contributed by atoms with Crippen LogP contribution >= 0.6 is 0 Å². The Morgan fingerprint density at radius 1 is 0.757 bits per heavy atom. The molecule has 5 rings (SSSR count). The molecule has 0 unspecified atom stereocenters. The van der Waals surface area contributed by atoms with Crippen molar-refractivity contribution in [1.29, 1.82) is 0 Å². The van der Waals surface area contributed by atoms with E-state index in [2.05, 4.69) is 22.0 Å². The first-order valence-electron chi connectivity index (χ1n) is 12.8. The van der Waals surface area contributed by atoms with Gasteiger partial charge in [0.1, 0.15) is 5.82 Å². The molecule has 0 aliphatic carbocycles. The Kier molecular flexibility index (Phi) is 7.82. The van der Waals surface area contributed by atoms with E-state index in [9.17, 15) is 14.0 Å². The van der Waals surface area contributed by atoms with Crippen molar-refractivity contribution in [2.75, 3.05) is 39.3 Å². The van der Waals surface area contributed by atoms with Crippen molar-refractivity contribution in [2.45, 2.75) is 19.4 Å². The summed E-state index contributed by atoms with van der Waals surface area (Å²) >= 11 is 0. The number of pyridine rings is 1. The van der Waals surface area contributed by atoms with Crippen LogP contribution in [-0.4, -0.2) is 70.8 Å². The standard InChI is InChI=1S/C30H31FN4O2/c31-26-11-9-24(10-12-26)30(23-6-2-1-3-7-23)25-13-16-33(17-14-25)18-19-35-28(36)21-34(22-29(35)37)20-27-8-4-5-15-32-27/h1-12,15H,13-14,16-22H2. The van der Waals surface area contributed by atoms with Crippen LogP contribution in [0.3, 0.4) is 0 Å². The summed E-state index contributed by atoms with van der Waals surface area (Å²) in [5, 5.41) is 0. The summed E-state index contributed by atoms with van der Waals surface area (Å²) in [7, 11) is 0. The van der Waals surface area contributed by atoms with Crippen LogP contribution in [0.4, 0.5) is 4.39 Å². The largest absolute Gasteiger partial charge is 0.301 e. The lowest BCUT2D eigenvalue weighted by molar-refractivity contribution is -0.151. The summed E-state index contributed by atoms with van der Waals surface area (Å²) in [6, 6.07) is 22.6. The molecule has 0 radical (unpaired) electrons. The number of nitrogens with zero attached hydrogens (tertiary/aromatic N) is 4. The molecule has 6 nitrogen and oxygen atoms in total. The lowest BCUT2D eigenvalue weighted by Gasteiger charge is -2.35. The molecule has 2 amide bonds. The first-order valence-corrected chi connectivity index (χ1v) is 12.8. The quantitative estimate of drug-likeness (QED) is 0.461. The van der Waals surface area contributed by atoms with Crippen molar-refractivity contribution in [2.24, 2.45) is 0 Å². The van der Waals surface area contributed by atoms with E-state index in [0.29, 0.717) is 19.6 Å². The molecule has 0 saturated carbocycles. The van der Waals surface area contributed by atoms with Crippen LogP contribution < -0.4 is 0 Å². The molecule has 2 aromatic carbocycles. The molecule has 2 saturated heterocycles. The van der Waals surface area contributed by atoms with Crippen molar-refractivity contribution in [3.8, 4) is 0 Å². The molecular weight excluding hydrogens is 467 g/mol. The maximum atomic E-state index is 13.6. The molecule has 2 aliphatic heterocycles. The molecule has 2 fully saturated rings. The summed E-state index contributed by atoms with van der Waals surface area (Å²) in [6.45, 7) is 3.75. The maximum Gasteiger partial charge on any atom is 0.243 e. The van der Waals surface area contributed by atoms with Crippen LogP contribution in [0.1, 0.15) is 29.7 Å². The Hall–Kier alpha value is -3.68. The molecule has 0 bridgehead atoms. The minimum atomic E-state index is -0.238. The molecular formula is C30H31FN4O2. The molecule has 0 atom stereocenters.